The first kappa shape index (κ1) is 19.8. The predicted molar refractivity (Wildman–Crippen MR) is 103 cm³/mol. The molecule has 0 saturated carbocycles. The first-order valence-electron chi connectivity index (χ1n) is 10.0. The Labute approximate surface area is 165 Å². The first-order chi connectivity index (χ1) is 13.3. The van der Waals surface area contributed by atoms with Crippen LogP contribution < -0.4 is 0 Å². The lowest BCUT2D eigenvalue weighted by Crippen LogP contribution is -2.56. The van der Waals surface area contributed by atoms with Gasteiger partial charge in [0.25, 0.3) is 0 Å². The number of rotatable bonds is 3. The number of ether oxygens (including phenoxy) is 1. The van der Waals surface area contributed by atoms with Crippen LogP contribution >= 0.6 is 0 Å². The van der Waals surface area contributed by atoms with E-state index in [0.717, 1.165) is 29.5 Å². The quantitative estimate of drug-likeness (QED) is 0.732. The van der Waals surface area contributed by atoms with E-state index in [0.29, 0.717) is 38.1 Å². The molecule has 3 aliphatic heterocycles. The monoisotopic (exact) mass is 390 g/mol. The fourth-order valence-corrected chi connectivity index (χ4v) is 4.58. The van der Waals surface area contributed by atoms with E-state index in [-0.39, 0.29) is 5.76 Å². The number of aryl methyl sites for hydroxylation is 3. The summed E-state index contributed by atoms with van der Waals surface area (Å²) in [5.41, 5.74) is 3.72. The molecule has 2 unspecified atom stereocenters. The number of aliphatic hydroxyl groups excluding tert-OH is 2. The van der Waals surface area contributed by atoms with Crippen LogP contribution in [0.2, 0.25) is 0 Å². The number of benzene rings is 1. The standard InChI is InChI=1S/C21H30N2O5/c1-13-11-15(3)16(12-14(13)2)18-19(24)21(6-8-22(26)9-7-21)23(20(18)25)28-17-5-4-10-27-17/h11-12,17,20,24-26H,4-10H2,1-3H3. The Morgan fingerprint density at radius 1 is 1.11 bits per heavy atom. The van der Waals surface area contributed by atoms with Gasteiger partial charge in [0.1, 0.15) is 11.3 Å². The largest absolute Gasteiger partial charge is 0.510 e. The predicted octanol–water partition coefficient (Wildman–Crippen LogP) is 2.81. The summed E-state index contributed by atoms with van der Waals surface area (Å²) in [6, 6.07) is 4.09. The summed E-state index contributed by atoms with van der Waals surface area (Å²) in [5.74, 6) is 0.137. The zero-order chi connectivity index (χ0) is 20.1. The number of nitrogens with zero attached hydrogens (tertiary/aromatic N) is 2. The van der Waals surface area contributed by atoms with Crippen LogP contribution in [0, 0.1) is 20.8 Å². The number of hydroxylamine groups is 4. The SMILES string of the molecule is Cc1cc(C)c(C2=C(O)C3(CCN(O)CC3)N(OC3CCCO3)C2O)cc1C. The first-order valence-corrected chi connectivity index (χ1v) is 10.0. The average Bonchev–Trinajstić information content (AvgIpc) is 3.23. The molecule has 3 N–H and O–H groups in total. The molecule has 0 radical (unpaired) electrons. The zero-order valence-electron chi connectivity index (χ0n) is 16.8. The van der Waals surface area contributed by atoms with Crippen molar-refractivity contribution in [2.24, 2.45) is 0 Å². The van der Waals surface area contributed by atoms with Crippen LogP contribution in [-0.2, 0) is 9.57 Å². The van der Waals surface area contributed by atoms with Crippen molar-refractivity contribution in [1.29, 1.82) is 0 Å². The van der Waals surface area contributed by atoms with Crippen molar-refractivity contribution in [1.82, 2.24) is 10.1 Å². The van der Waals surface area contributed by atoms with Gasteiger partial charge in [-0.05, 0) is 62.3 Å². The van der Waals surface area contributed by atoms with Gasteiger partial charge >= 0.3 is 0 Å². The smallest absolute Gasteiger partial charge is 0.177 e. The summed E-state index contributed by atoms with van der Waals surface area (Å²) in [7, 11) is 0. The van der Waals surface area contributed by atoms with Gasteiger partial charge in [-0.25, -0.2) is 0 Å². The second-order valence-electron chi connectivity index (χ2n) is 8.25. The lowest BCUT2D eigenvalue weighted by atomic mass is 9.85. The molecular formula is C21H30N2O5. The fourth-order valence-electron chi connectivity index (χ4n) is 4.58. The molecule has 0 aromatic heterocycles. The summed E-state index contributed by atoms with van der Waals surface area (Å²) >= 11 is 0. The van der Waals surface area contributed by atoms with Gasteiger partial charge in [0, 0.05) is 25.1 Å². The molecule has 7 heteroatoms. The van der Waals surface area contributed by atoms with Gasteiger partial charge in [0.2, 0.25) is 0 Å². The molecular weight excluding hydrogens is 360 g/mol. The number of hydrogen-bond donors (Lipinski definition) is 3. The Kier molecular flexibility index (Phi) is 5.24. The summed E-state index contributed by atoms with van der Waals surface area (Å²) in [5, 5.41) is 35.2. The maximum atomic E-state index is 11.4. The highest BCUT2D eigenvalue weighted by Crippen LogP contribution is 2.48. The zero-order valence-corrected chi connectivity index (χ0v) is 16.8. The molecule has 1 spiro atoms. The molecule has 0 bridgehead atoms. The van der Waals surface area contributed by atoms with Crippen molar-refractivity contribution in [2.75, 3.05) is 19.7 Å². The second kappa shape index (κ2) is 7.40. The Morgan fingerprint density at radius 2 is 1.79 bits per heavy atom. The van der Waals surface area contributed by atoms with Crippen molar-refractivity contribution in [2.45, 2.75) is 64.5 Å². The molecule has 0 aliphatic carbocycles. The molecule has 154 valence electrons. The molecule has 1 aromatic carbocycles. The van der Waals surface area contributed by atoms with Gasteiger partial charge in [-0.15, -0.1) is 5.06 Å². The van der Waals surface area contributed by atoms with Gasteiger partial charge in [0.05, 0.1) is 6.61 Å². The molecule has 2 saturated heterocycles. The number of aliphatic hydroxyl groups is 2. The van der Waals surface area contributed by atoms with Crippen LogP contribution in [0.15, 0.2) is 17.9 Å². The van der Waals surface area contributed by atoms with Gasteiger partial charge in [-0.3, -0.25) is 4.84 Å². The third-order valence-corrected chi connectivity index (χ3v) is 6.42. The van der Waals surface area contributed by atoms with Crippen LogP contribution in [0.5, 0.6) is 0 Å². The summed E-state index contributed by atoms with van der Waals surface area (Å²) in [6.07, 6.45) is 1.04. The molecule has 3 aliphatic rings. The van der Waals surface area contributed by atoms with Crippen LogP contribution in [0.25, 0.3) is 5.57 Å². The van der Waals surface area contributed by atoms with E-state index in [9.17, 15) is 15.4 Å². The highest BCUT2D eigenvalue weighted by molar-refractivity contribution is 5.77. The maximum Gasteiger partial charge on any atom is 0.177 e. The van der Waals surface area contributed by atoms with E-state index in [1.54, 1.807) is 0 Å². The molecule has 3 heterocycles. The highest BCUT2D eigenvalue weighted by Gasteiger charge is 2.56. The van der Waals surface area contributed by atoms with Gasteiger partial charge < -0.3 is 20.2 Å². The van der Waals surface area contributed by atoms with Crippen LogP contribution in [-0.4, -0.2) is 63.3 Å². The third-order valence-electron chi connectivity index (χ3n) is 6.42. The van der Waals surface area contributed by atoms with Gasteiger partial charge in [-0.1, -0.05) is 12.1 Å². The van der Waals surface area contributed by atoms with Crippen LogP contribution in [0.1, 0.15) is 47.9 Å². The molecule has 2 fully saturated rings. The minimum absolute atomic E-state index is 0.137. The fraction of sp³-hybridized carbons (Fsp3) is 0.619. The van der Waals surface area contributed by atoms with Crippen molar-refractivity contribution in [3.05, 3.63) is 40.1 Å². The minimum atomic E-state index is -1.10. The van der Waals surface area contributed by atoms with E-state index >= 15 is 0 Å². The molecule has 0 amide bonds. The van der Waals surface area contributed by atoms with Crippen molar-refractivity contribution in [3.8, 4) is 0 Å². The van der Waals surface area contributed by atoms with E-state index in [4.69, 9.17) is 9.57 Å². The summed E-state index contributed by atoms with van der Waals surface area (Å²) in [4.78, 5) is 6.09. The van der Waals surface area contributed by atoms with Gasteiger partial charge in [-0.2, -0.15) is 5.06 Å². The summed E-state index contributed by atoms with van der Waals surface area (Å²) < 4.78 is 5.62. The van der Waals surface area contributed by atoms with E-state index < -0.39 is 18.1 Å². The Bertz CT molecular complexity index is 779. The molecule has 1 aromatic rings. The highest BCUT2D eigenvalue weighted by atomic mass is 16.8. The molecule has 4 rings (SSSR count). The number of hydrogen-bond acceptors (Lipinski definition) is 7. The Hall–Kier alpha value is -1.48. The van der Waals surface area contributed by atoms with Crippen molar-refractivity contribution >= 4 is 5.57 Å². The third kappa shape index (κ3) is 3.16. The van der Waals surface area contributed by atoms with E-state index in [1.807, 2.05) is 19.9 Å². The van der Waals surface area contributed by atoms with Crippen molar-refractivity contribution in [3.63, 3.8) is 0 Å². The van der Waals surface area contributed by atoms with Crippen LogP contribution in [0.3, 0.4) is 0 Å². The molecule has 2 atom stereocenters. The van der Waals surface area contributed by atoms with E-state index in [1.165, 1.54) is 15.7 Å². The minimum Gasteiger partial charge on any atom is -0.510 e. The normalized spacial score (nSPS) is 28.6. The number of piperidine rings is 1. The second-order valence-corrected chi connectivity index (χ2v) is 8.25. The molecule has 7 nitrogen and oxygen atoms in total. The Morgan fingerprint density at radius 3 is 2.43 bits per heavy atom. The van der Waals surface area contributed by atoms with Crippen LogP contribution in [0.4, 0.5) is 0 Å². The Balaban J connectivity index is 1.77. The average molecular weight is 390 g/mol. The molecule has 28 heavy (non-hydrogen) atoms. The topological polar surface area (TPSA) is 85.6 Å². The lowest BCUT2D eigenvalue weighted by molar-refractivity contribution is -0.337. The summed E-state index contributed by atoms with van der Waals surface area (Å²) in [6.45, 7) is 7.48. The van der Waals surface area contributed by atoms with Gasteiger partial charge in [0.15, 0.2) is 12.5 Å². The van der Waals surface area contributed by atoms with E-state index in [2.05, 4.69) is 13.0 Å². The van der Waals surface area contributed by atoms with Crippen molar-refractivity contribution < 1.29 is 25.0 Å². The lowest BCUT2D eigenvalue weighted by Gasteiger charge is -2.43. The maximum absolute atomic E-state index is 11.4.